The van der Waals surface area contributed by atoms with Gasteiger partial charge in [-0.15, -0.1) is 0 Å². The van der Waals surface area contributed by atoms with Crippen LogP contribution < -0.4 is 10.4 Å². The Hall–Kier alpha value is -3.15. The van der Waals surface area contributed by atoms with E-state index in [1.807, 2.05) is 0 Å². The van der Waals surface area contributed by atoms with Crippen LogP contribution in [0.4, 0.5) is 13.2 Å². The molecule has 2 aromatic heterocycles. The van der Waals surface area contributed by atoms with Gasteiger partial charge in [-0.25, -0.2) is 27.2 Å². The van der Waals surface area contributed by atoms with Gasteiger partial charge in [-0.3, -0.25) is 9.36 Å². The van der Waals surface area contributed by atoms with Crippen LogP contribution in [-0.4, -0.2) is 52.1 Å². The summed E-state index contributed by atoms with van der Waals surface area (Å²) in [5.74, 6) is -0.644. The van der Waals surface area contributed by atoms with Crippen molar-refractivity contribution in [2.24, 2.45) is 5.41 Å². The Balaban J connectivity index is 1.76. The van der Waals surface area contributed by atoms with Crippen molar-refractivity contribution in [1.29, 1.82) is 0 Å². The largest absolute Gasteiger partial charge is 0.430 e. The lowest BCUT2D eigenvalue weighted by molar-refractivity contribution is -0.215. The van der Waals surface area contributed by atoms with E-state index >= 15 is 0 Å². The highest BCUT2D eigenvalue weighted by molar-refractivity contribution is 7.91. The van der Waals surface area contributed by atoms with Gasteiger partial charge in [0.1, 0.15) is 5.75 Å². The molecule has 1 aromatic carbocycles. The summed E-state index contributed by atoms with van der Waals surface area (Å²) >= 11 is 0. The molecule has 4 rings (SSSR count). The van der Waals surface area contributed by atoms with Crippen molar-refractivity contribution in [1.82, 2.24) is 14.1 Å². The van der Waals surface area contributed by atoms with Crippen molar-refractivity contribution in [3.8, 4) is 11.4 Å². The van der Waals surface area contributed by atoms with Crippen molar-refractivity contribution in [3.05, 3.63) is 52.6 Å². The van der Waals surface area contributed by atoms with Crippen LogP contribution in [0.1, 0.15) is 56.9 Å². The molecule has 1 unspecified atom stereocenters. The predicted octanol–water partition coefficient (Wildman–Crippen LogP) is 4.50. The van der Waals surface area contributed by atoms with E-state index in [1.54, 1.807) is 20.8 Å². The second-order valence-corrected chi connectivity index (χ2v) is 12.4. The van der Waals surface area contributed by atoms with Gasteiger partial charge < -0.3 is 4.74 Å². The monoisotopic (exact) mass is 539 g/mol. The summed E-state index contributed by atoms with van der Waals surface area (Å²) in [6.45, 7) is 5.99. The first-order valence-corrected chi connectivity index (χ1v) is 13.6. The van der Waals surface area contributed by atoms with Crippen LogP contribution in [0.3, 0.4) is 0 Å². The molecule has 0 spiro atoms. The smallest absolute Gasteiger partial charge is 0.429 e. The number of carbonyl (C=O) groups excluding carboxylic acids is 1. The molecule has 200 valence electrons. The zero-order chi connectivity index (χ0) is 27.3. The quantitative estimate of drug-likeness (QED) is 0.391. The van der Waals surface area contributed by atoms with E-state index in [2.05, 4.69) is 9.72 Å². The summed E-state index contributed by atoms with van der Waals surface area (Å²) in [6, 6.07) is 6.50. The molecule has 1 aliphatic heterocycles. The fraction of sp³-hybridized carbons (Fsp3) is 0.480. The summed E-state index contributed by atoms with van der Waals surface area (Å²) in [7, 11) is -3.18. The van der Waals surface area contributed by atoms with Gasteiger partial charge in [-0.05, 0) is 50.8 Å². The number of sulfone groups is 1. The molecule has 2 atom stereocenters. The summed E-state index contributed by atoms with van der Waals surface area (Å²) in [6.07, 6.45) is -4.88. The second kappa shape index (κ2) is 9.30. The minimum Gasteiger partial charge on any atom is -0.430 e. The Labute approximate surface area is 212 Å². The lowest BCUT2D eigenvalue weighted by atomic mass is 9.83. The molecule has 1 aliphatic rings. The standard InChI is InChI=1S/C25H28F3N3O5S/c1-15(2)30-20-10-17(21(32)12-24(4)8-9-37(34,35)14-24)13-29-22(20)31(23(30)33)18-6-5-7-19(11-18)36-25(27,28)16(3)26/h5-7,10-11,13,15-16H,8-9,12,14H2,1-4H3/t16?,24-/m0/s1. The van der Waals surface area contributed by atoms with Crippen LogP contribution in [-0.2, 0) is 9.84 Å². The summed E-state index contributed by atoms with van der Waals surface area (Å²) in [5, 5.41) is 0. The van der Waals surface area contributed by atoms with E-state index in [0.717, 1.165) is 0 Å². The zero-order valence-corrected chi connectivity index (χ0v) is 21.7. The highest BCUT2D eigenvalue weighted by Gasteiger charge is 2.41. The van der Waals surface area contributed by atoms with Crippen molar-refractivity contribution in [2.45, 2.75) is 58.9 Å². The predicted molar refractivity (Wildman–Crippen MR) is 132 cm³/mol. The van der Waals surface area contributed by atoms with E-state index in [4.69, 9.17) is 0 Å². The average Bonchev–Trinajstić information content (AvgIpc) is 3.23. The normalized spacial score (nSPS) is 20.4. The zero-order valence-electron chi connectivity index (χ0n) is 20.9. The fourth-order valence-corrected chi connectivity index (χ4v) is 6.87. The maximum Gasteiger partial charge on any atom is 0.429 e. The number of ether oxygens (including phenoxy) is 1. The number of carbonyl (C=O) groups is 1. The van der Waals surface area contributed by atoms with Gasteiger partial charge in [0.2, 0.25) is 6.17 Å². The third kappa shape index (κ3) is 5.29. The van der Waals surface area contributed by atoms with E-state index in [9.17, 15) is 31.2 Å². The van der Waals surface area contributed by atoms with Gasteiger partial charge >= 0.3 is 11.8 Å². The SMILES string of the molecule is CC(C)n1c(=O)n(-c2cccc(OC(F)(F)C(C)F)c2)c2ncc(C(=O)C[C@]3(C)CCS(=O)(=O)C3)cc21. The molecule has 3 heterocycles. The maximum atomic E-state index is 13.8. The van der Waals surface area contributed by atoms with Crippen LogP contribution in [0.15, 0.2) is 41.3 Å². The van der Waals surface area contributed by atoms with E-state index in [1.165, 1.54) is 45.7 Å². The number of ketones is 1. The molecule has 0 radical (unpaired) electrons. The minimum absolute atomic E-state index is 0.0205. The summed E-state index contributed by atoms with van der Waals surface area (Å²) < 4.78 is 71.9. The molecule has 0 amide bonds. The Morgan fingerprint density at radius 3 is 2.54 bits per heavy atom. The topological polar surface area (TPSA) is 100 Å². The van der Waals surface area contributed by atoms with Gasteiger partial charge in [0.25, 0.3) is 0 Å². The minimum atomic E-state index is -4.06. The van der Waals surface area contributed by atoms with E-state index in [0.29, 0.717) is 18.9 Å². The molecular formula is C25H28F3N3O5S. The van der Waals surface area contributed by atoms with Crippen LogP contribution in [0.25, 0.3) is 16.9 Å². The van der Waals surface area contributed by atoms with Crippen molar-refractivity contribution >= 4 is 26.8 Å². The summed E-state index contributed by atoms with van der Waals surface area (Å²) in [5.41, 5.74) is -0.244. The molecule has 0 bridgehead atoms. The van der Waals surface area contributed by atoms with E-state index < -0.39 is 33.2 Å². The number of aromatic nitrogens is 3. The number of hydrogen-bond acceptors (Lipinski definition) is 6. The Bertz CT molecular complexity index is 1530. The van der Waals surface area contributed by atoms with Crippen molar-refractivity contribution < 1.29 is 31.1 Å². The number of imidazole rings is 1. The van der Waals surface area contributed by atoms with Gasteiger partial charge in [0, 0.05) is 30.3 Å². The third-order valence-corrected chi connectivity index (χ3v) is 8.48. The number of nitrogens with zero attached hydrogens (tertiary/aromatic N) is 3. The number of Topliss-reactive ketones (excluding diaryl/α,β-unsaturated/α-hetero) is 1. The number of halogens is 3. The van der Waals surface area contributed by atoms with Crippen molar-refractivity contribution in [3.63, 3.8) is 0 Å². The van der Waals surface area contributed by atoms with Crippen molar-refractivity contribution in [2.75, 3.05) is 11.5 Å². The van der Waals surface area contributed by atoms with Gasteiger partial charge in [-0.1, -0.05) is 13.0 Å². The Morgan fingerprint density at radius 2 is 1.95 bits per heavy atom. The molecule has 12 heteroatoms. The molecule has 0 aliphatic carbocycles. The number of pyridine rings is 1. The van der Waals surface area contributed by atoms with Crippen LogP contribution in [0.5, 0.6) is 5.75 Å². The first-order chi connectivity index (χ1) is 17.1. The lowest BCUT2D eigenvalue weighted by Crippen LogP contribution is -2.34. The molecular weight excluding hydrogens is 511 g/mol. The average molecular weight is 540 g/mol. The van der Waals surface area contributed by atoms with Crippen LogP contribution in [0.2, 0.25) is 0 Å². The van der Waals surface area contributed by atoms with Crippen LogP contribution >= 0.6 is 0 Å². The Kier molecular flexibility index (Phi) is 6.76. The molecule has 0 N–H and O–H groups in total. The molecule has 1 fully saturated rings. The van der Waals surface area contributed by atoms with Crippen LogP contribution in [0, 0.1) is 5.41 Å². The first kappa shape index (κ1) is 26.9. The van der Waals surface area contributed by atoms with E-state index in [-0.39, 0.29) is 52.4 Å². The van der Waals surface area contributed by atoms with Gasteiger partial charge in [0.05, 0.1) is 22.7 Å². The highest BCUT2D eigenvalue weighted by atomic mass is 32.2. The molecule has 3 aromatic rings. The number of alkyl halides is 3. The number of hydrogen-bond donors (Lipinski definition) is 0. The van der Waals surface area contributed by atoms with Gasteiger partial charge in [0.15, 0.2) is 21.3 Å². The lowest BCUT2D eigenvalue weighted by Gasteiger charge is -2.20. The first-order valence-electron chi connectivity index (χ1n) is 11.8. The molecule has 37 heavy (non-hydrogen) atoms. The molecule has 1 saturated heterocycles. The number of fused-ring (bicyclic) bond motifs is 1. The molecule has 0 saturated carbocycles. The fourth-order valence-electron chi connectivity index (χ4n) is 4.61. The second-order valence-electron chi connectivity index (χ2n) is 10.2. The third-order valence-electron chi connectivity index (χ3n) is 6.52. The maximum absolute atomic E-state index is 13.8. The summed E-state index contributed by atoms with van der Waals surface area (Å²) in [4.78, 5) is 30.8. The van der Waals surface area contributed by atoms with Gasteiger partial charge in [-0.2, -0.15) is 8.78 Å². The Morgan fingerprint density at radius 1 is 1.24 bits per heavy atom. The molecule has 8 nitrogen and oxygen atoms in total. The number of rotatable bonds is 8. The highest BCUT2D eigenvalue weighted by Crippen LogP contribution is 2.36. The number of benzene rings is 1.